The molecule has 0 spiro atoms. The number of hydrogen-bond acceptors (Lipinski definition) is 4. The summed E-state index contributed by atoms with van der Waals surface area (Å²) in [4.78, 5) is 15.3. The van der Waals surface area contributed by atoms with E-state index in [1.807, 2.05) is 11.8 Å². The van der Waals surface area contributed by atoms with E-state index in [9.17, 15) is 13.2 Å². The van der Waals surface area contributed by atoms with E-state index in [2.05, 4.69) is 4.72 Å². The molecule has 1 heterocycles. The zero-order valence-corrected chi connectivity index (χ0v) is 13.3. The van der Waals surface area contributed by atoms with Crippen LogP contribution in [0, 0.1) is 0 Å². The zero-order chi connectivity index (χ0) is 14.9. The molecule has 1 amide bonds. The summed E-state index contributed by atoms with van der Waals surface area (Å²) in [5.74, 6) is 0.0181. The van der Waals surface area contributed by atoms with Crippen molar-refractivity contribution < 1.29 is 13.2 Å². The third-order valence-corrected chi connectivity index (χ3v) is 6.18. The molecule has 2 aliphatic rings. The molecule has 116 valence electrons. The molecule has 1 aliphatic heterocycles. The molecule has 1 saturated carbocycles. The van der Waals surface area contributed by atoms with Gasteiger partial charge in [-0.1, -0.05) is 12.8 Å². The minimum Gasteiger partial charge on any atom is -0.347 e. The Morgan fingerprint density at radius 2 is 1.80 bits per heavy atom. The minimum atomic E-state index is -3.24. The lowest BCUT2D eigenvalue weighted by Crippen LogP contribution is -2.63. The Labute approximate surface area is 121 Å². The second kappa shape index (κ2) is 5.99. The maximum Gasteiger partial charge on any atom is 0.239 e. The monoisotopic (exact) mass is 303 g/mol. The van der Waals surface area contributed by atoms with Crippen molar-refractivity contribution in [2.45, 2.75) is 49.9 Å². The van der Waals surface area contributed by atoms with Crippen LogP contribution in [-0.4, -0.2) is 68.6 Å². The third kappa shape index (κ3) is 3.32. The first-order valence-corrected chi connectivity index (χ1v) is 8.82. The number of likely N-dealkylation sites (N-methyl/N-ethyl adjacent to an activating group) is 1. The predicted octanol–water partition coefficient (Wildman–Crippen LogP) is 0.00930. The second-order valence-corrected chi connectivity index (χ2v) is 8.12. The van der Waals surface area contributed by atoms with Gasteiger partial charge in [0.25, 0.3) is 0 Å². The number of nitrogens with one attached hydrogen (secondary N) is 1. The number of nitrogens with zero attached hydrogens (tertiary/aromatic N) is 2. The molecule has 0 aromatic heterocycles. The van der Waals surface area contributed by atoms with Gasteiger partial charge in [-0.3, -0.25) is 9.69 Å². The highest BCUT2D eigenvalue weighted by atomic mass is 32.2. The maximum absolute atomic E-state index is 12.2. The summed E-state index contributed by atoms with van der Waals surface area (Å²) in [6.45, 7) is 2.72. The van der Waals surface area contributed by atoms with Crippen LogP contribution >= 0.6 is 0 Å². The molecule has 1 N–H and O–H groups in total. The number of carbonyl (C=O) groups is 1. The fourth-order valence-corrected chi connectivity index (χ4v) is 4.55. The van der Waals surface area contributed by atoms with Crippen LogP contribution in [0.1, 0.15) is 32.6 Å². The lowest BCUT2D eigenvalue weighted by molar-refractivity contribution is -0.135. The Balaban J connectivity index is 1.84. The normalized spacial score (nSPS) is 23.6. The second-order valence-electron chi connectivity index (χ2n) is 6.13. The van der Waals surface area contributed by atoms with Gasteiger partial charge in [0.2, 0.25) is 15.9 Å². The van der Waals surface area contributed by atoms with Crippen molar-refractivity contribution in [2.75, 3.05) is 27.2 Å². The summed E-state index contributed by atoms with van der Waals surface area (Å²) in [6, 6.07) is -0.127. The van der Waals surface area contributed by atoms with Gasteiger partial charge in [-0.2, -0.15) is 0 Å². The summed E-state index contributed by atoms with van der Waals surface area (Å²) in [6.07, 6.45) is 4.12. The Morgan fingerprint density at radius 1 is 1.25 bits per heavy atom. The topological polar surface area (TPSA) is 69.7 Å². The summed E-state index contributed by atoms with van der Waals surface area (Å²) in [7, 11) is 0.198. The van der Waals surface area contributed by atoms with Gasteiger partial charge < -0.3 is 4.90 Å². The van der Waals surface area contributed by atoms with E-state index in [0.29, 0.717) is 13.1 Å². The van der Waals surface area contributed by atoms with Crippen molar-refractivity contribution in [3.8, 4) is 0 Å². The van der Waals surface area contributed by atoms with Gasteiger partial charge in [0.15, 0.2) is 0 Å². The number of likely N-dealkylation sites (tertiary alicyclic amines) is 1. The lowest BCUT2D eigenvalue weighted by Gasteiger charge is -2.42. The summed E-state index contributed by atoms with van der Waals surface area (Å²) >= 11 is 0. The largest absolute Gasteiger partial charge is 0.347 e. The van der Waals surface area contributed by atoms with Gasteiger partial charge in [0, 0.05) is 33.2 Å². The molecule has 1 aliphatic carbocycles. The van der Waals surface area contributed by atoms with E-state index in [1.54, 1.807) is 19.0 Å². The molecule has 1 saturated heterocycles. The first-order valence-electron chi connectivity index (χ1n) is 7.27. The van der Waals surface area contributed by atoms with Crippen LogP contribution in [0.15, 0.2) is 0 Å². The smallest absolute Gasteiger partial charge is 0.239 e. The van der Waals surface area contributed by atoms with E-state index in [4.69, 9.17) is 0 Å². The lowest BCUT2D eigenvalue weighted by atomic mass is 10.1. The van der Waals surface area contributed by atoms with E-state index in [1.165, 1.54) is 0 Å². The van der Waals surface area contributed by atoms with Crippen molar-refractivity contribution in [3.05, 3.63) is 0 Å². The molecule has 2 rings (SSSR count). The average molecular weight is 303 g/mol. The molecule has 0 aromatic rings. The Bertz CT molecular complexity index is 451. The molecule has 2 fully saturated rings. The zero-order valence-electron chi connectivity index (χ0n) is 12.5. The van der Waals surface area contributed by atoms with Gasteiger partial charge in [-0.05, 0) is 19.8 Å². The molecule has 7 heteroatoms. The first-order chi connectivity index (χ1) is 9.31. The molecule has 0 bridgehead atoms. The summed E-state index contributed by atoms with van der Waals surface area (Å²) < 4.78 is 27.2. The molecule has 0 radical (unpaired) electrons. The number of carbonyl (C=O) groups excluding carboxylic acids is 1. The van der Waals surface area contributed by atoms with Crippen molar-refractivity contribution in [1.82, 2.24) is 14.5 Å². The first kappa shape index (κ1) is 15.7. The highest BCUT2D eigenvalue weighted by Gasteiger charge is 2.42. The van der Waals surface area contributed by atoms with Crippen molar-refractivity contribution >= 4 is 15.9 Å². The maximum atomic E-state index is 12.2. The molecular weight excluding hydrogens is 278 g/mol. The number of sulfonamides is 1. The molecule has 6 nitrogen and oxygen atoms in total. The van der Waals surface area contributed by atoms with E-state index in [-0.39, 0.29) is 23.2 Å². The van der Waals surface area contributed by atoms with E-state index >= 15 is 0 Å². The van der Waals surface area contributed by atoms with Crippen molar-refractivity contribution in [2.24, 2.45) is 0 Å². The molecule has 1 atom stereocenters. The summed E-state index contributed by atoms with van der Waals surface area (Å²) in [5, 5.41) is -0.375. The van der Waals surface area contributed by atoms with Gasteiger partial charge in [-0.25, -0.2) is 13.1 Å². The van der Waals surface area contributed by atoms with Crippen LogP contribution in [0.3, 0.4) is 0 Å². The molecular formula is C13H25N3O3S. The Kier molecular flexibility index (Phi) is 4.71. The van der Waals surface area contributed by atoms with Crippen LogP contribution in [-0.2, 0) is 14.8 Å². The predicted molar refractivity (Wildman–Crippen MR) is 77.8 cm³/mol. The fourth-order valence-electron chi connectivity index (χ4n) is 2.88. The Hall–Kier alpha value is -0.660. The number of amides is 1. The van der Waals surface area contributed by atoms with Crippen LogP contribution in [0.4, 0.5) is 0 Å². The van der Waals surface area contributed by atoms with Crippen LogP contribution in [0.25, 0.3) is 0 Å². The van der Waals surface area contributed by atoms with E-state index < -0.39 is 10.0 Å². The average Bonchev–Trinajstić information content (AvgIpc) is 2.76. The van der Waals surface area contributed by atoms with Gasteiger partial charge in [0.1, 0.15) is 5.25 Å². The SMILES string of the molecule is C[C@@H](C(=O)N(C)C)N1CC(S(=O)(=O)NC2CCCC2)C1. The molecule has 20 heavy (non-hydrogen) atoms. The fraction of sp³-hybridized carbons (Fsp3) is 0.923. The van der Waals surface area contributed by atoms with Gasteiger partial charge >= 0.3 is 0 Å². The van der Waals surface area contributed by atoms with Crippen molar-refractivity contribution in [3.63, 3.8) is 0 Å². The third-order valence-electron chi connectivity index (χ3n) is 4.35. The minimum absolute atomic E-state index is 0.0181. The van der Waals surface area contributed by atoms with Crippen LogP contribution in [0.5, 0.6) is 0 Å². The van der Waals surface area contributed by atoms with Crippen molar-refractivity contribution in [1.29, 1.82) is 0 Å². The van der Waals surface area contributed by atoms with Crippen LogP contribution in [0.2, 0.25) is 0 Å². The van der Waals surface area contributed by atoms with E-state index in [0.717, 1.165) is 25.7 Å². The standard InChI is InChI=1S/C13H25N3O3S/c1-10(13(17)15(2)3)16-8-12(9-16)20(18,19)14-11-6-4-5-7-11/h10-12,14H,4-9H2,1-3H3/t10-/m0/s1. The quantitative estimate of drug-likeness (QED) is 0.777. The molecule has 0 aromatic carbocycles. The Morgan fingerprint density at radius 3 is 2.30 bits per heavy atom. The highest BCUT2D eigenvalue weighted by molar-refractivity contribution is 7.90. The number of rotatable bonds is 5. The highest BCUT2D eigenvalue weighted by Crippen LogP contribution is 2.23. The molecule has 0 unspecified atom stereocenters. The van der Waals surface area contributed by atoms with Gasteiger partial charge in [-0.15, -0.1) is 0 Å². The van der Waals surface area contributed by atoms with Crippen LogP contribution < -0.4 is 4.72 Å². The summed E-state index contributed by atoms with van der Waals surface area (Å²) in [5.41, 5.74) is 0. The number of hydrogen-bond donors (Lipinski definition) is 1. The van der Waals surface area contributed by atoms with Gasteiger partial charge in [0.05, 0.1) is 6.04 Å².